The number of likely N-dealkylation sites (tertiary alicyclic amines) is 1. The predicted molar refractivity (Wildman–Crippen MR) is 103 cm³/mol. The van der Waals surface area contributed by atoms with Gasteiger partial charge in [-0.3, -0.25) is 0 Å². The van der Waals surface area contributed by atoms with E-state index in [0.29, 0.717) is 17.8 Å². The molecular weight excluding hydrogens is 381 g/mol. The summed E-state index contributed by atoms with van der Waals surface area (Å²) in [5.74, 6) is 1.06. The lowest BCUT2D eigenvalue weighted by atomic mass is 10.1. The highest BCUT2D eigenvalue weighted by Crippen LogP contribution is 2.37. The molecule has 5 nitrogen and oxygen atoms in total. The molecule has 0 radical (unpaired) electrons. The number of rotatable bonds is 3. The highest BCUT2D eigenvalue weighted by Gasteiger charge is 2.29. The molecule has 3 rings (SSSR count). The average Bonchev–Trinajstić information content (AvgIpc) is 2.56. The number of nitrogens with one attached hydrogen (secondary N) is 1. The molecule has 2 heterocycles. The molecule has 0 bridgehead atoms. The molecule has 2 aromatic rings. The maximum absolute atomic E-state index is 6.02. The zero-order valence-corrected chi connectivity index (χ0v) is 16.4. The molecule has 1 N–H and O–H groups in total. The fourth-order valence-corrected chi connectivity index (χ4v) is 2.99. The minimum atomic E-state index is -1.70. The molecule has 0 aliphatic carbocycles. The first-order valence-corrected chi connectivity index (χ1v) is 9.30. The van der Waals surface area contributed by atoms with Crippen molar-refractivity contribution in [1.82, 2.24) is 19.9 Å². The Balaban J connectivity index is 1.91. The van der Waals surface area contributed by atoms with Crippen molar-refractivity contribution in [2.75, 3.05) is 25.5 Å². The second-order valence-corrected chi connectivity index (χ2v) is 8.67. The summed E-state index contributed by atoms with van der Waals surface area (Å²) < 4.78 is -1.70. The molecule has 0 saturated carbocycles. The van der Waals surface area contributed by atoms with Crippen LogP contribution >= 0.6 is 34.8 Å². The second-order valence-electron chi connectivity index (χ2n) is 6.39. The summed E-state index contributed by atoms with van der Waals surface area (Å²) in [6, 6.07) is 8.20. The van der Waals surface area contributed by atoms with Crippen molar-refractivity contribution in [2.24, 2.45) is 0 Å². The highest BCUT2D eigenvalue weighted by atomic mass is 35.6. The number of benzene rings is 1. The van der Waals surface area contributed by atoms with Crippen LogP contribution in [0.15, 0.2) is 24.3 Å². The quantitative estimate of drug-likeness (QED) is 0.783. The highest BCUT2D eigenvalue weighted by molar-refractivity contribution is 6.66. The van der Waals surface area contributed by atoms with E-state index in [4.69, 9.17) is 34.8 Å². The molecule has 0 unspecified atom stereocenters. The van der Waals surface area contributed by atoms with E-state index in [2.05, 4.69) is 32.2 Å². The summed E-state index contributed by atoms with van der Waals surface area (Å²) in [6.45, 7) is 4.09. The fraction of sp³-hybridized carbons (Fsp3) is 0.471. The number of aromatic nitrogens is 3. The first-order valence-electron chi connectivity index (χ1n) is 8.16. The third-order valence-electron chi connectivity index (χ3n) is 4.25. The van der Waals surface area contributed by atoms with Crippen LogP contribution in [0.2, 0.25) is 0 Å². The van der Waals surface area contributed by atoms with Crippen molar-refractivity contribution >= 4 is 40.8 Å². The SMILES string of the molecule is Cc1ccc(-c2nc(NC3CCN(C)CC3)nc(C(Cl)(Cl)Cl)n2)cc1. The Bertz CT molecular complexity index is 722. The zero-order chi connectivity index (χ0) is 18.0. The number of anilines is 1. The van der Waals surface area contributed by atoms with Gasteiger partial charge < -0.3 is 10.2 Å². The molecule has 1 saturated heterocycles. The van der Waals surface area contributed by atoms with E-state index >= 15 is 0 Å². The monoisotopic (exact) mass is 399 g/mol. The first kappa shape index (κ1) is 18.6. The van der Waals surface area contributed by atoms with E-state index in [1.807, 2.05) is 31.2 Å². The Labute approximate surface area is 162 Å². The van der Waals surface area contributed by atoms with Gasteiger partial charge in [-0.25, -0.2) is 4.98 Å². The third-order valence-corrected chi connectivity index (χ3v) is 4.76. The van der Waals surface area contributed by atoms with Gasteiger partial charge in [-0.05, 0) is 39.9 Å². The Hall–Kier alpha value is -1.14. The van der Waals surface area contributed by atoms with Gasteiger partial charge in [0.1, 0.15) is 0 Å². The van der Waals surface area contributed by atoms with Crippen molar-refractivity contribution in [2.45, 2.75) is 29.6 Å². The lowest BCUT2D eigenvalue weighted by Gasteiger charge is -2.29. The Kier molecular flexibility index (Phi) is 5.68. The Morgan fingerprint density at radius 3 is 2.28 bits per heavy atom. The van der Waals surface area contributed by atoms with Gasteiger partial charge in [0.2, 0.25) is 9.74 Å². The average molecular weight is 401 g/mol. The van der Waals surface area contributed by atoms with E-state index in [1.54, 1.807) is 0 Å². The van der Waals surface area contributed by atoms with E-state index in [-0.39, 0.29) is 5.82 Å². The summed E-state index contributed by atoms with van der Waals surface area (Å²) in [5.41, 5.74) is 2.01. The summed E-state index contributed by atoms with van der Waals surface area (Å²) in [6.07, 6.45) is 2.04. The Morgan fingerprint density at radius 2 is 1.68 bits per heavy atom. The van der Waals surface area contributed by atoms with Crippen molar-refractivity contribution < 1.29 is 0 Å². The summed E-state index contributed by atoms with van der Waals surface area (Å²) in [5, 5.41) is 3.37. The maximum atomic E-state index is 6.02. The number of alkyl halides is 3. The van der Waals surface area contributed by atoms with Gasteiger partial charge in [0.25, 0.3) is 0 Å². The molecule has 134 valence electrons. The van der Waals surface area contributed by atoms with Crippen molar-refractivity contribution in [3.05, 3.63) is 35.7 Å². The summed E-state index contributed by atoms with van der Waals surface area (Å²) in [4.78, 5) is 15.5. The van der Waals surface area contributed by atoms with Crippen LogP contribution in [0.1, 0.15) is 24.2 Å². The normalized spacial score (nSPS) is 16.8. The number of nitrogens with zero attached hydrogens (tertiary/aromatic N) is 4. The lowest BCUT2D eigenvalue weighted by Crippen LogP contribution is -2.37. The molecule has 25 heavy (non-hydrogen) atoms. The largest absolute Gasteiger partial charge is 0.351 e. The third kappa shape index (κ3) is 4.94. The van der Waals surface area contributed by atoms with Gasteiger partial charge in [-0.15, -0.1) is 0 Å². The lowest BCUT2D eigenvalue weighted by molar-refractivity contribution is 0.263. The molecule has 1 aromatic carbocycles. The number of piperidine rings is 1. The topological polar surface area (TPSA) is 53.9 Å². The number of halogens is 3. The van der Waals surface area contributed by atoms with Gasteiger partial charge in [0.15, 0.2) is 11.6 Å². The first-order chi connectivity index (χ1) is 11.8. The summed E-state index contributed by atoms with van der Waals surface area (Å²) in [7, 11) is 2.12. The molecule has 0 amide bonds. The maximum Gasteiger partial charge on any atom is 0.250 e. The van der Waals surface area contributed by atoms with Gasteiger partial charge in [-0.1, -0.05) is 64.6 Å². The second kappa shape index (κ2) is 7.62. The van der Waals surface area contributed by atoms with E-state index in [9.17, 15) is 0 Å². The van der Waals surface area contributed by atoms with Crippen LogP contribution in [0.25, 0.3) is 11.4 Å². The van der Waals surface area contributed by atoms with Crippen LogP contribution in [-0.4, -0.2) is 46.0 Å². The van der Waals surface area contributed by atoms with Crippen LogP contribution in [0, 0.1) is 6.92 Å². The smallest absolute Gasteiger partial charge is 0.250 e. The molecule has 0 spiro atoms. The van der Waals surface area contributed by atoms with Crippen LogP contribution in [0.3, 0.4) is 0 Å². The van der Waals surface area contributed by atoms with Crippen LogP contribution in [0.5, 0.6) is 0 Å². The number of hydrogen-bond acceptors (Lipinski definition) is 5. The molecule has 1 aliphatic rings. The minimum absolute atomic E-state index is 0.124. The van der Waals surface area contributed by atoms with Gasteiger partial charge in [0.05, 0.1) is 0 Å². The molecule has 0 atom stereocenters. The van der Waals surface area contributed by atoms with Crippen molar-refractivity contribution in [1.29, 1.82) is 0 Å². The molecule has 1 aromatic heterocycles. The van der Waals surface area contributed by atoms with Gasteiger partial charge >= 0.3 is 0 Å². The van der Waals surface area contributed by atoms with Crippen molar-refractivity contribution in [3.8, 4) is 11.4 Å². The van der Waals surface area contributed by atoms with Crippen molar-refractivity contribution in [3.63, 3.8) is 0 Å². The summed E-state index contributed by atoms with van der Waals surface area (Å²) >= 11 is 18.1. The molecule has 8 heteroatoms. The Morgan fingerprint density at radius 1 is 1.04 bits per heavy atom. The standard InChI is InChI=1S/C17H20Cl3N5/c1-11-3-5-12(6-4-11)14-22-15(17(18,19)20)24-16(23-14)21-13-7-9-25(2)10-8-13/h3-6,13H,7-10H2,1-2H3,(H,21,22,23,24). The van der Waals surface area contributed by atoms with E-state index < -0.39 is 3.79 Å². The predicted octanol–water partition coefficient (Wildman–Crippen LogP) is 4.18. The number of hydrogen-bond donors (Lipinski definition) is 1. The fourth-order valence-electron chi connectivity index (χ4n) is 2.73. The minimum Gasteiger partial charge on any atom is -0.351 e. The molecule has 1 aliphatic heterocycles. The van der Waals surface area contributed by atoms with Crippen LogP contribution in [0.4, 0.5) is 5.95 Å². The van der Waals surface area contributed by atoms with Crippen LogP contribution < -0.4 is 5.32 Å². The van der Waals surface area contributed by atoms with Crippen LogP contribution in [-0.2, 0) is 3.79 Å². The molecule has 1 fully saturated rings. The van der Waals surface area contributed by atoms with Gasteiger partial charge in [-0.2, -0.15) is 9.97 Å². The van der Waals surface area contributed by atoms with E-state index in [1.165, 1.54) is 0 Å². The number of aryl methyl sites for hydroxylation is 1. The molecular formula is C17H20Cl3N5. The zero-order valence-electron chi connectivity index (χ0n) is 14.1. The van der Waals surface area contributed by atoms with E-state index in [0.717, 1.165) is 37.1 Å². The van der Waals surface area contributed by atoms with Gasteiger partial charge in [0, 0.05) is 11.6 Å².